The Labute approximate surface area is 36.7 Å². The van der Waals surface area contributed by atoms with Crippen molar-refractivity contribution in [3.63, 3.8) is 0 Å². The lowest BCUT2D eigenvalue weighted by molar-refractivity contribution is 1.45. The molecule has 0 atom stereocenters. The number of rotatable bonds is 0. The molecule has 0 aliphatic heterocycles. The zero-order valence-corrected chi connectivity index (χ0v) is 4.08. The molecular weight excluding hydrogens is 85.5 g/mol. The van der Waals surface area contributed by atoms with E-state index in [4.69, 9.17) is 11.6 Å². The Hall–Kier alpha value is -0.0400. The molecule has 2 heteroatoms. The Bertz CT molecular complexity index is 44.9. The van der Waals surface area contributed by atoms with Crippen molar-refractivity contribution < 1.29 is 0 Å². The van der Waals surface area contributed by atoms with Crippen molar-refractivity contribution in [2.45, 2.75) is 6.92 Å². The van der Waals surface area contributed by atoms with Crippen molar-refractivity contribution in [2.75, 3.05) is 7.05 Å². The topological polar surface area (TPSA) is 12.4 Å². The predicted molar refractivity (Wildman–Crippen MR) is 24.9 cm³/mol. The lowest BCUT2D eigenvalue weighted by Crippen LogP contribution is -1.67. The summed E-state index contributed by atoms with van der Waals surface area (Å²) in [5, 5.41) is 0.602. The van der Waals surface area contributed by atoms with Gasteiger partial charge in [0, 0.05) is 7.05 Å². The van der Waals surface area contributed by atoms with Crippen LogP contribution in [0.2, 0.25) is 0 Å². The van der Waals surface area contributed by atoms with Gasteiger partial charge in [-0.05, 0) is 6.92 Å². The van der Waals surface area contributed by atoms with E-state index < -0.39 is 0 Å². The largest absolute Gasteiger partial charge is 0.281 e. The number of hydrogen-bond donors (Lipinski definition) is 0. The van der Waals surface area contributed by atoms with Crippen LogP contribution in [0.25, 0.3) is 0 Å². The van der Waals surface area contributed by atoms with Crippen LogP contribution in [0.15, 0.2) is 4.99 Å². The highest BCUT2D eigenvalue weighted by Crippen LogP contribution is 1.76. The van der Waals surface area contributed by atoms with Crippen LogP contribution in [0, 0.1) is 0 Å². The second-order valence-corrected chi connectivity index (χ2v) is 1.27. The average molecular weight is 91.5 g/mol. The maximum Gasteiger partial charge on any atom is 0.0968 e. The van der Waals surface area contributed by atoms with E-state index in [-0.39, 0.29) is 0 Å². The van der Waals surface area contributed by atoms with Crippen molar-refractivity contribution in [1.29, 1.82) is 0 Å². The standard InChI is InChI=1S/C3H6ClN/c1-3(4)5-2/h1-2H3/b5-3-. The van der Waals surface area contributed by atoms with E-state index in [2.05, 4.69) is 4.99 Å². The van der Waals surface area contributed by atoms with Crippen molar-refractivity contribution in [2.24, 2.45) is 4.99 Å². The molecule has 0 aromatic rings. The van der Waals surface area contributed by atoms with Crippen LogP contribution in [-0.4, -0.2) is 12.2 Å². The summed E-state index contributed by atoms with van der Waals surface area (Å²) in [6, 6.07) is 0. The van der Waals surface area contributed by atoms with E-state index in [0.29, 0.717) is 5.17 Å². The minimum atomic E-state index is 0.602. The molecule has 0 spiro atoms. The smallest absolute Gasteiger partial charge is 0.0968 e. The number of nitrogens with zero attached hydrogens (tertiary/aromatic N) is 1. The Morgan fingerprint density at radius 3 is 2.00 bits per heavy atom. The van der Waals surface area contributed by atoms with Gasteiger partial charge >= 0.3 is 0 Å². The third-order valence-corrected chi connectivity index (χ3v) is 0.477. The molecule has 0 aromatic carbocycles. The highest BCUT2D eigenvalue weighted by Gasteiger charge is 1.66. The van der Waals surface area contributed by atoms with Gasteiger partial charge in [0.2, 0.25) is 0 Å². The fraction of sp³-hybridized carbons (Fsp3) is 0.667. The molecule has 0 aromatic heterocycles. The van der Waals surface area contributed by atoms with Crippen LogP contribution in [0.4, 0.5) is 0 Å². The van der Waals surface area contributed by atoms with Crippen molar-refractivity contribution in [3.8, 4) is 0 Å². The van der Waals surface area contributed by atoms with E-state index in [1.165, 1.54) is 0 Å². The molecule has 1 nitrogen and oxygen atoms in total. The number of hydrogen-bond acceptors (Lipinski definition) is 1. The first-order chi connectivity index (χ1) is 2.27. The van der Waals surface area contributed by atoms with Crippen LogP contribution in [-0.2, 0) is 0 Å². The SMILES string of the molecule is C/N=C(/C)Cl. The van der Waals surface area contributed by atoms with Gasteiger partial charge in [-0.15, -0.1) is 0 Å². The molecule has 0 radical (unpaired) electrons. The van der Waals surface area contributed by atoms with Crippen LogP contribution < -0.4 is 0 Å². The van der Waals surface area contributed by atoms with Gasteiger partial charge in [-0.2, -0.15) is 0 Å². The first kappa shape index (κ1) is 4.96. The summed E-state index contributed by atoms with van der Waals surface area (Å²) in [5.74, 6) is 0. The van der Waals surface area contributed by atoms with Gasteiger partial charge < -0.3 is 0 Å². The minimum absolute atomic E-state index is 0.602. The molecule has 0 saturated heterocycles. The summed E-state index contributed by atoms with van der Waals surface area (Å²) in [6.07, 6.45) is 0. The Kier molecular flexibility index (Phi) is 2.19. The summed E-state index contributed by atoms with van der Waals surface area (Å²) in [4.78, 5) is 3.57. The van der Waals surface area contributed by atoms with Crippen molar-refractivity contribution in [1.82, 2.24) is 0 Å². The third kappa shape index (κ3) is 3.96. The summed E-state index contributed by atoms with van der Waals surface area (Å²) >= 11 is 5.21. The number of aliphatic imine (C=N–C) groups is 1. The summed E-state index contributed by atoms with van der Waals surface area (Å²) in [5.41, 5.74) is 0. The molecular formula is C3H6ClN. The summed E-state index contributed by atoms with van der Waals surface area (Å²) in [6.45, 7) is 1.74. The van der Waals surface area contributed by atoms with Gasteiger partial charge in [-0.25, -0.2) is 0 Å². The molecule has 0 saturated carbocycles. The maximum atomic E-state index is 5.21. The molecule has 30 valence electrons. The van der Waals surface area contributed by atoms with Crippen LogP contribution >= 0.6 is 11.6 Å². The second-order valence-electron chi connectivity index (χ2n) is 0.721. The molecule has 0 N–H and O–H groups in total. The normalized spacial score (nSPS) is 12.2. The van der Waals surface area contributed by atoms with Gasteiger partial charge in [0.1, 0.15) is 0 Å². The fourth-order valence-corrected chi connectivity index (χ4v) is 0. The molecule has 0 amide bonds. The quantitative estimate of drug-likeness (QED) is 0.398. The molecule has 5 heavy (non-hydrogen) atoms. The molecule has 0 heterocycles. The van der Waals surface area contributed by atoms with Crippen molar-refractivity contribution >= 4 is 16.8 Å². The van der Waals surface area contributed by atoms with Gasteiger partial charge in [0.15, 0.2) is 0 Å². The third-order valence-electron chi connectivity index (χ3n) is 0.308. The van der Waals surface area contributed by atoms with Crippen LogP contribution in [0.5, 0.6) is 0 Å². The van der Waals surface area contributed by atoms with Gasteiger partial charge in [-0.1, -0.05) is 11.6 Å². The highest BCUT2D eigenvalue weighted by molar-refractivity contribution is 6.64. The predicted octanol–water partition coefficient (Wildman–Crippen LogP) is 1.27. The maximum absolute atomic E-state index is 5.21. The number of halogens is 1. The van der Waals surface area contributed by atoms with Gasteiger partial charge in [0.25, 0.3) is 0 Å². The van der Waals surface area contributed by atoms with E-state index in [9.17, 15) is 0 Å². The zero-order chi connectivity index (χ0) is 4.28. The van der Waals surface area contributed by atoms with Crippen molar-refractivity contribution in [3.05, 3.63) is 0 Å². The molecule has 0 unspecified atom stereocenters. The Morgan fingerprint density at radius 1 is 1.80 bits per heavy atom. The van der Waals surface area contributed by atoms with Crippen LogP contribution in [0.1, 0.15) is 6.92 Å². The summed E-state index contributed by atoms with van der Waals surface area (Å²) < 4.78 is 0. The van der Waals surface area contributed by atoms with Crippen LogP contribution in [0.3, 0.4) is 0 Å². The van der Waals surface area contributed by atoms with E-state index in [0.717, 1.165) is 0 Å². The minimum Gasteiger partial charge on any atom is -0.281 e. The highest BCUT2D eigenvalue weighted by atomic mass is 35.5. The first-order valence-electron chi connectivity index (χ1n) is 1.36. The molecule has 0 aliphatic rings. The first-order valence-corrected chi connectivity index (χ1v) is 1.74. The fourth-order valence-electron chi connectivity index (χ4n) is 0. The lowest BCUT2D eigenvalue weighted by atomic mass is 10.9. The second kappa shape index (κ2) is 2.21. The van der Waals surface area contributed by atoms with Gasteiger partial charge in [-0.3, -0.25) is 4.99 Å². The van der Waals surface area contributed by atoms with E-state index in [1.807, 2.05) is 0 Å². The molecule has 0 bridgehead atoms. The lowest BCUT2D eigenvalue weighted by Gasteiger charge is -1.70. The monoisotopic (exact) mass is 91.0 g/mol. The van der Waals surface area contributed by atoms with E-state index >= 15 is 0 Å². The summed E-state index contributed by atoms with van der Waals surface area (Å²) in [7, 11) is 1.66. The Balaban J connectivity index is 3.14. The van der Waals surface area contributed by atoms with Gasteiger partial charge in [0.05, 0.1) is 5.17 Å². The molecule has 0 aliphatic carbocycles. The average Bonchev–Trinajstić information content (AvgIpc) is 1.38. The zero-order valence-electron chi connectivity index (χ0n) is 3.33. The van der Waals surface area contributed by atoms with E-state index in [1.54, 1.807) is 14.0 Å². The molecule has 0 rings (SSSR count). The molecule has 0 fully saturated rings. The Morgan fingerprint density at radius 2 is 2.00 bits per heavy atom.